The van der Waals surface area contributed by atoms with Gasteiger partial charge in [0.15, 0.2) is 5.78 Å². The molecule has 0 heterocycles. The molecule has 0 spiro atoms. The van der Waals surface area contributed by atoms with E-state index in [-0.39, 0.29) is 11.4 Å². The van der Waals surface area contributed by atoms with Crippen LogP contribution in [0.2, 0.25) is 0 Å². The van der Waals surface area contributed by atoms with Crippen LogP contribution < -0.4 is 0 Å². The van der Waals surface area contributed by atoms with Crippen LogP contribution in [0.25, 0.3) is 0 Å². The van der Waals surface area contributed by atoms with Crippen LogP contribution in [0, 0.1) is 5.82 Å². The number of nitrogens with zero attached hydrogens (tertiary/aromatic N) is 1. The Kier molecular flexibility index (Phi) is 4.92. The lowest BCUT2D eigenvalue weighted by Crippen LogP contribution is -2.53. The number of carbonyl (C=O) groups is 1. The van der Waals surface area contributed by atoms with Gasteiger partial charge in [0, 0.05) is 6.42 Å². The summed E-state index contributed by atoms with van der Waals surface area (Å²) in [7, 11) is 0. The Hall–Kier alpha value is -1.22. The van der Waals surface area contributed by atoms with Crippen LogP contribution in [0.1, 0.15) is 45.1 Å². The highest BCUT2D eigenvalue weighted by molar-refractivity contribution is 5.90. The molecule has 3 heteroatoms. The summed E-state index contributed by atoms with van der Waals surface area (Å²) in [5.41, 5.74) is 0.632. The fraction of sp³-hybridized carbons (Fsp3) is 0.588. The summed E-state index contributed by atoms with van der Waals surface area (Å²) < 4.78 is 12.9. The van der Waals surface area contributed by atoms with E-state index in [1.54, 1.807) is 12.1 Å². The quantitative estimate of drug-likeness (QED) is 0.792. The molecule has 1 aromatic carbocycles. The molecule has 0 unspecified atom stereocenters. The van der Waals surface area contributed by atoms with Crippen molar-refractivity contribution in [2.45, 2.75) is 51.5 Å². The maximum Gasteiger partial charge on any atom is 0.157 e. The largest absolute Gasteiger partial charge is 0.297 e. The first-order chi connectivity index (χ1) is 9.62. The van der Waals surface area contributed by atoms with Crippen molar-refractivity contribution in [2.24, 2.45) is 0 Å². The van der Waals surface area contributed by atoms with Crippen LogP contribution >= 0.6 is 0 Å². The van der Waals surface area contributed by atoms with Crippen molar-refractivity contribution >= 4 is 5.78 Å². The smallest absolute Gasteiger partial charge is 0.157 e. The summed E-state index contributed by atoms with van der Waals surface area (Å²) in [6, 6.07) is 6.30. The molecule has 1 aliphatic carbocycles. The fourth-order valence-electron chi connectivity index (χ4n) is 3.51. The highest BCUT2D eigenvalue weighted by Gasteiger charge is 2.44. The predicted octanol–water partition coefficient (Wildman–Crippen LogP) is 3.59. The van der Waals surface area contributed by atoms with Crippen molar-refractivity contribution in [3.8, 4) is 0 Å². The molecule has 1 fully saturated rings. The molecule has 0 N–H and O–H groups in total. The number of ketones is 1. The summed E-state index contributed by atoms with van der Waals surface area (Å²) in [6.07, 6.45) is 4.61. The van der Waals surface area contributed by atoms with Crippen LogP contribution in [0.15, 0.2) is 24.3 Å². The van der Waals surface area contributed by atoms with E-state index in [9.17, 15) is 9.18 Å². The number of rotatable bonds is 6. The Morgan fingerprint density at radius 3 is 2.20 bits per heavy atom. The van der Waals surface area contributed by atoms with Crippen molar-refractivity contribution in [1.82, 2.24) is 4.90 Å². The number of carbonyl (C=O) groups excluding carboxylic acids is 1. The molecule has 1 aliphatic rings. The Morgan fingerprint density at radius 2 is 1.70 bits per heavy atom. The molecule has 0 bridgehead atoms. The van der Waals surface area contributed by atoms with E-state index in [2.05, 4.69) is 18.7 Å². The summed E-state index contributed by atoms with van der Waals surface area (Å²) in [5.74, 6) is 0.0471. The maximum absolute atomic E-state index is 12.9. The van der Waals surface area contributed by atoms with Gasteiger partial charge in [0.25, 0.3) is 0 Å². The first-order valence-electron chi connectivity index (χ1n) is 7.65. The SMILES string of the molecule is CCN(CC)C1(C(=O)Cc2ccc(F)cc2)CCCC1. The summed E-state index contributed by atoms with van der Waals surface area (Å²) in [4.78, 5) is 15.2. The fourth-order valence-corrected chi connectivity index (χ4v) is 3.51. The molecular formula is C17H24FNO. The highest BCUT2D eigenvalue weighted by atomic mass is 19.1. The van der Waals surface area contributed by atoms with Gasteiger partial charge in [-0.25, -0.2) is 4.39 Å². The van der Waals surface area contributed by atoms with Crippen molar-refractivity contribution < 1.29 is 9.18 Å². The van der Waals surface area contributed by atoms with E-state index in [0.29, 0.717) is 12.2 Å². The van der Waals surface area contributed by atoms with Gasteiger partial charge in [0.2, 0.25) is 0 Å². The average molecular weight is 277 g/mol. The minimum absolute atomic E-state index is 0.250. The monoisotopic (exact) mass is 277 g/mol. The van der Waals surface area contributed by atoms with E-state index in [1.807, 2.05) is 0 Å². The van der Waals surface area contributed by atoms with Gasteiger partial charge >= 0.3 is 0 Å². The number of benzene rings is 1. The van der Waals surface area contributed by atoms with Crippen LogP contribution in [0.5, 0.6) is 0 Å². The number of Topliss-reactive ketones (excluding diaryl/α,β-unsaturated/α-hetero) is 1. The third-order valence-corrected chi connectivity index (χ3v) is 4.60. The lowest BCUT2D eigenvalue weighted by molar-refractivity contribution is -0.130. The van der Waals surface area contributed by atoms with Gasteiger partial charge in [-0.1, -0.05) is 38.8 Å². The van der Waals surface area contributed by atoms with E-state index in [0.717, 1.165) is 44.3 Å². The summed E-state index contributed by atoms with van der Waals surface area (Å²) in [6.45, 7) is 6.06. The van der Waals surface area contributed by atoms with E-state index in [1.165, 1.54) is 12.1 Å². The van der Waals surface area contributed by atoms with Crippen molar-refractivity contribution in [3.63, 3.8) is 0 Å². The first kappa shape index (κ1) is 15.2. The van der Waals surface area contributed by atoms with Gasteiger partial charge in [0.05, 0.1) is 5.54 Å². The topological polar surface area (TPSA) is 20.3 Å². The maximum atomic E-state index is 12.9. The molecule has 0 aliphatic heterocycles. The zero-order valence-electron chi connectivity index (χ0n) is 12.5. The van der Waals surface area contributed by atoms with Gasteiger partial charge in [-0.15, -0.1) is 0 Å². The molecule has 1 saturated carbocycles. The second kappa shape index (κ2) is 6.49. The minimum Gasteiger partial charge on any atom is -0.297 e. The Labute approximate surface area is 121 Å². The second-order valence-electron chi connectivity index (χ2n) is 5.64. The predicted molar refractivity (Wildman–Crippen MR) is 79.2 cm³/mol. The molecule has 0 aromatic heterocycles. The van der Waals surface area contributed by atoms with Gasteiger partial charge in [-0.3, -0.25) is 9.69 Å². The van der Waals surface area contributed by atoms with Crippen LogP contribution in [-0.2, 0) is 11.2 Å². The highest BCUT2D eigenvalue weighted by Crippen LogP contribution is 2.36. The Bertz CT molecular complexity index is 445. The lowest BCUT2D eigenvalue weighted by Gasteiger charge is -2.39. The number of hydrogen-bond acceptors (Lipinski definition) is 2. The lowest BCUT2D eigenvalue weighted by atomic mass is 9.86. The van der Waals surface area contributed by atoms with Gasteiger partial charge in [-0.05, 0) is 43.6 Å². The van der Waals surface area contributed by atoms with Crippen molar-refractivity contribution in [3.05, 3.63) is 35.6 Å². The van der Waals surface area contributed by atoms with Crippen molar-refractivity contribution in [2.75, 3.05) is 13.1 Å². The standard InChI is InChI=1S/C17H24FNO/c1-3-19(4-2)17(11-5-6-12-17)16(20)13-14-7-9-15(18)10-8-14/h7-10H,3-6,11-13H2,1-2H3. The molecule has 1 aromatic rings. The first-order valence-corrected chi connectivity index (χ1v) is 7.65. The molecule has 0 radical (unpaired) electrons. The molecule has 0 atom stereocenters. The summed E-state index contributed by atoms with van der Waals surface area (Å²) >= 11 is 0. The zero-order valence-corrected chi connectivity index (χ0v) is 12.5. The zero-order chi connectivity index (χ0) is 14.6. The van der Waals surface area contributed by atoms with Gasteiger partial charge in [-0.2, -0.15) is 0 Å². The number of hydrogen-bond donors (Lipinski definition) is 0. The van der Waals surface area contributed by atoms with Gasteiger partial charge in [0.1, 0.15) is 5.82 Å². The minimum atomic E-state index is -0.280. The Balaban J connectivity index is 2.17. The Morgan fingerprint density at radius 1 is 1.15 bits per heavy atom. The molecule has 110 valence electrons. The third kappa shape index (κ3) is 2.93. The van der Waals surface area contributed by atoms with Gasteiger partial charge < -0.3 is 0 Å². The number of likely N-dealkylation sites (N-methyl/N-ethyl adjacent to an activating group) is 1. The third-order valence-electron chi connectivity index (χ3n) is 4.60. The molecule has 20 heavy (non-hydrogen) atoms. The summed E-state index contributed by atoms with van der Waals surface area (Å²) in [5, 5.41) is 0. The van der Waals surface area contributed by atoms with E-state index < -0.39 is 0 Å². The molecule has 2 nitrogen and oxygen atoms in total. The van der Waals surface area contributed by atoms with Crippen LogP contribution in [-0.4, -0.2) is 29.3 Å². The van der Waals surface area contributed by atoms with Crippen molar-refractivity contribution in [1.29, 1.82) is 0 Å². The van der Waals surface area contributed by atoms with Crippen LogP contribution in [0.4, 0.5) is 4.39 Å². The molecule has 0 saturated heterocycles. The van der Waals surface area contributed by atoms with E-state index in [4.69, 9.17) is 0 Å². The molecule has 2 rings (SSSR count). The van der Waals surface area contributed by atoms with Crippen LogP contribution in [0.3, 0.4) is 0 Å². The molecule has 0 amide bonds. The normalized spacial score (nSPS) is 17.6. The van der Waals surface area contributed by atoms with E-state index >= 15 is 0 Å². The molecular weight excluding hydrogens is 253 g/mol. The average Bonchev–Trinajstić information content (AvgIpc) is 2.93. The second-order valence-corrected chi connectivity index (χ2v) is 5.64. The number of halogens is 1.